The summed E-state index contributed by atoms with van der Waals surface area (Å²) >= 11 is 17.9. The van der Waals surface area contributed by atoms with Gasteiger partial charge in [-0.2, -0.15) is 0 Å². The van der Waals surface area contributed by atoms with Crippen molar-refractivity contribution >= 4 is 40.5 Å². The molecule has 0 amide bonds. The number of benzene rings is 2. The summed E-state index contributed by atoms with van der Waals surface area (Å²) in [5.74, 6) is -0.389. The third kappa shape index (κ3) is 3.75. The monoisotopic (exact) mass is 317 g/mol. The fourth-order valence-corrected chi connectivity index (χ4v) is 2.49. The number of anilines is 1. The molecule has 0 bridgehead atoms. The van der Waals surface area contributed by atoms with Crippen LogP contribution in [0.2, 0.25) is 15.1 Å². The van der Waals surface area contributed by atoms with E-state index in [1.54, 1.807) is 24.3 Å². The van der Waals surface area contributed by atoms with Gasteiger partial charge in [0.15, 0.2) is 0 Å². The second-order valence-electron chi connectivity index (χ2n) is 4.19. The number of rotatable bonds is 3. The Kier molecular flexibility index (Phi) is 4.56. The average Bonchev–Trinajstić information content (AvgIpc) is 2.30. The van der Waals surface area contributed by atoms with E-state index in [1.165, 1.54) is 12.1 Å². The largest absolute Gasteiger partial charge is 0.378 e. The molecule has 0 aliphatic heterocycles. The molecule has 100 valence electrons. The van der Waals surface area contributed by atoms with Crippen molar-refractivity contribution < 1.29 is 4.39 Å². The van der Waals surface area contributed by atoms with Crippen LogP contribution >= 0.6 is 34.8 Å². The molecule has 2 rings (SSSR count). The molecule has 19 heavy (non-hydrogen) atoms. The Morgan fingerprint density at radius 3 is 2.42 bits per heavy atom. The molecule has 0 radical (unpaired) electrons. The molecule has 0 heterocycles. The Morgan fingerprint density at radius 1 is 1.00 bits per heavy atom. The van der Waals surface area contributed by atoms with Crippen molar-refractivity contribution in [1.82, 2.24) is 0 Å². The SMILES string of the molecule is CC(Nc1cc(F)cc(Cl)c1)c1cc(Cl)ccc1Cl. The maximum absolute atomic E-state index is 13.3. The first-order valence-corrected chi connectivity index (χ1v) is 6.76. The lowest BCUT2D eigenvalue weighted by Gasteiger charge is -2.17. The predicted octanol–water partition coefficient (Wildman–Crippen LogP) is 5.96. The van der Waals surface area contributed by atoms with E-state index in [0.717, 1.165) is 5.56 Å². The zero-order valence-electron chi connectivity index (χ0n) is 10.1. The zero-order valence-corrected chi connectivity index (χ0v) is 12.3. The van der Waals surface area contributed by atoms with Gasteiger partial charge >= 0.3 is 0 Å². The van der Waals surface area contributed by atoms with Crippen molar-refractivity contribution in [3.05, 3.63) is 62.8 Å². The summed E-state index contributed by atoms with van der Waals surface area (Å²) in [6, 6.07) is 9.39. The Balaban J connectivity index is 2.25. The standard InChI is InChI=1S/C14H11Cl3FN/c1-8(13-6-9(15)2-3-14(13)17)19-12-5-10(16)4-11(18)7-12/h2-8,19H,1H3. The smallest absolute Gasteiger partial charge is 0.126 e. The highest BCUT2D eigenvalue weighted by molar-refractivity contribution is 6.33. The molecule has 1 unspecified atom stereocenters. The average molecular weight is 319 g/mol. The lowest BCUT2D eigenvalue weighted by molar-refractivity contribution is 0.628. The lowest BCUT2D eigenvalue weighted by Crippen LogP contribution is -2.07. The highest BCUT2D eigenvalue weighted by atomic mass is 35.5. The number of halogens is 4. The molecule has 2 aromatic carbocycles. The summed E-state index contributed by atoms with van der Waals surface area (Å²) in [6.45, 7) is 1.91. The van der Waals surface area contributed by atoms with E-state index in [1.807, 2.05) is 6.92 Å². The Bertz CT molecular complexity index is 581. The molecule has 0 saturated heterocycles. The van der Waals surface area contributed by atoms with Crippen LogP contribution in [-0.4, -0.2) is 0 Å². The van der Waals surface area contributed by atoms with E-state index in [0.29, 0.717) is 20.8 Å². The first-order chi connectivity index (χ1) is 8.95. The van der Waals surface area contributed by atoms with Gasteiger partial charge in [0.1, 0.15) is 5.82 Å². The van der Waals surface area contributed by atoms with Crippen molar-refractivity contribution in [2.24, 2.45) is 0 Å². The second-order valence-corrected chi connectivity index (χ2v) is 5.47. The van der Waals surface area contributed by atoms with Crippen LogP contribution in [0.15, 0.2) is 36.4 Å². The summed E-state index contributed by atoms with van der Waals surface area (Å²) in [7, 11) is 0. The highest BCUT2D eigenvalue weighted by Crippen LogP contribution is 2.29. The van der Waals surface area contributed by atoms with E-state index in [-0.39, 0.29) is 11.9 Å². The zero-order chi connectivity index (χ0) is 14.0. The van der Waals surface area contributed by atoms with E-state index in [4.69, 9.17) is 34.8 Å². The van der Waals surface area contributed by atoms with Gasteiger partial charge in [0, 0.05) is 20.8 Å². The van der Waals surface area contributed by atoms with E-state index in [2.05, 4.69) is 5.32 Å². The first kappa shape index (κ1) is 14.4. The maximum Gasteiger partial charge on any atom is 0.126 e. The molecular formula is C14H11Cl3FN. The molecule has 0 aliphatic carbocycles. The topological polar surface area (TPSA) is 12.0 Å². The van der Waals surface area contributed by atoms with Gasteiger partial charge in [-0.25, -0.2) is 4.39 Å². The third-order valence-electron chi connectivity index (χ3n) is 2.67. The third-order valence-corrected chi connectivity index (χ3v) is 3.47. The Hall–Kier alpha value is -0.960. The Labute approximate surface area is 126 Å². The minimum atomic E-state index is -0.389. The maximum atomic E-state index is 13.3. The van der Waals surface area contributed by atoms with Crippen LogP contribution in [0.4, 0.5) is 10.1 Å². The molecule has 0 saturated carbocycles. The van der Waals surface area contributed by atoms with Crippen LogP contribution in [-0.2, 0) is 0 Å². The van der Waals surface area contributed by atoms with Gasteiger partial charge in [-0.3, -0.25) is 0 Å². The fraction of sp³-hybridized carbons (Fsp3) is 0.143. The molecule has 0 aliphatic rings. The molecule has 1 nitrogen and oxygen atoms in total. The van der Waals surface area contributed by atoms with Crippen molar-refractivity contribution in [1.29, 1.82) is 0 Å². The highest BCUT2D eigenvalue weighted by Gasteiger charge is 2.11. The second kappa shape index (κ2) is 6.00. The number of hydrogen-bond donors (Lipinski definition) is 1. The quantitative estimate of drug-likeness (QED) is 0.736. The van der Waals surface area contributed by atoms with Crippen LogP contribution in [0.1, 0.15) is 18.5 Å². The van der Waals surface area contributed by atoms with Crippen molar-refractivity contribution in [2.75, 3.05) is 5.32 Å². The van der Waals surface area contributed by atoms with Crippen LogP contribution in [0.3, 0.4) is 0 Å². The van der Waals surface area contributed by atoms with Gasteiger partial charge in [0.05, 0.1) is 6.04 Å². The summed E-state index contributed by atoms with van der Waals surface area (Å²) in [5.41, 5.74) is 1.43. The molecule has 2 aromatic rings. The summed E-state index contributed by atoms with van der Waals surface area (Å²) in [5, 5.41) is 4.69. The number of hydrogen-bond acceptors (Lipinski definition) is 1. The molecule has 0 aromatic heterocycles. The van der Waals surface area contributed by atoms with Gasteiger partial charge in [-0.05, 0) is 48.9 Å². The van der Waals surface area contributed by atoms with Gasteiger partial charge in [-0.1, -0.05) is 34.8 Å². The molecular weight excluding hydrogens is 308 g/mol. The van der Waals surface area contributed by atoms with Crippen LogP contribution < -0.4 is 5.32 Å². The number of nitrogens with one attached hydrogen (secondary N) is 1. The fourth-order valence-electron chi connectivity index (χ4n) is 1.81. The minimum Gasteiger partial charge on any atom is -0.378 e. The summed E-state index contributed by atoms with van der Waals surface area (Å²) < 4.78 is 13.3. The molecule has 1 atom stereocenters. The first-order valence-electron chi connectivity index (χ1n) is 5.63. The van der Waals surface area contributed by atoms with Gasteiger partial charge in [-0.15, -0.1) is 0 Å². The van der Waals surface area contributed by atoms with Crippen LogP contribution in [0.5, 0.6) is 0 Å². The lowest BCUT2D eigenvalue weighted by atomic mass is 10.1. The molecule has 0 spiro atoms. The van der Waals surface area contributed by atoms with Crippen molar-refractivity contribution in [3.8, 4) is 0 Å². The van der Waals surface area contributed by atoms with Crippen LogP contribution in [0.25, 0.3) is 0 Å². The minimum absolute atomic E-state index is 0.121. The normalized spacial score (nSPS) is 12.3. The Morgan fingerprint density at radius 2 is 1.74 bits per heavy atom. The predicted molar refractivity (Wildman–Crippen MR) is 79.9 cm³/mol. The van der Waals surface area contributed by atoms with E-state index >= 15 is 0 Å². The van der Waals surface area contributed by atoms with Gasteiger partial charge in [0.2, 0.25) is 0 Å². The van der Waals surface area contributed by atoms with Gasteiger partial charge in [0.25, 0.3) is 0 Å². The van der Waals surface area contributed by atoms with E-state index < -0.39 is 0 Å². The van der Waals surface area contributed by atoms with Crippen LogP contribution in [0, 0.1) is 5.82 Å². The summed E-state index contributed by atoms with van der Waals surface area (Å²) in [4.78, 5) is 0. The molecule has 1 N–H and O–H groups in total. The van der Waals surface area contributed by atoms with Gasteiger partial charge < -0.3 is 5.32 Å². The van der Waals surface area contributed by atoms with E-state index in [9.17, 15) is 4.39 Å². The van der Waals surface area contributed by atoms with Crippen molar-refractivity contribution in [2.45, 2.75) is 13.0 Å². The van der Waals surface area contributed by atoms with Crippen molar-refractivity contribution in [3.63, 3.8) is 0 Å². The molecule has 0 fully saturated rings. The summed E-state index contributed by atoms with van der Waals surface area (Å²) in [6.07, 6.45) is 0. The molecule has 5 heteroatoms.